The van der Waals surface area contributed by atoms with E-state index in [9.17, 15) is 14.7 Å². The average molecular weight is 418 g/mol. The van der Waals surface area contributed by atoms with Crippen LogP contribution in [0.5, 0.6) is 0 Å². The Hall–Kier alpha value is -2.64. The van der Waals surface area contributed by atoms with Crippen LogP contribution in [0, 0.1) is 0 Å². The zero-order valence-corrected chi connectivity index (χ0v) is 15.1. The SMILES string of the molecule is O=C(C=Cc1ccco1)Nc1scc(-c2ccc(Br)cc2)c1C(=O)O. The molecule has 2 heterocycles. The van der Waals surface area contributed by atoms with E-state index < -0.39 is 11.9 Å². The lowest BCUT2D eigenvalue weighted by Gasteiger charge is -2.04. The predicted molar refractivity (Wildman–Crippen MR) is 101 cm³/mol. The Morgan fingerprint density at radius 1 is 1.20 bits per heavy atom. The summed E-state index contributed by atoms with van der Waals surface area (Å²) in [4.78, 5) is 23.7. The van der Waals surface area contributed by atoms with Crippen LogP contribution < -0.4 is 5.32 Å². The third-order valence-electron chi connectivity index (χ3n) is 3.34. The van der Waals surface area contributed by atoms with Crippen molar-refractivity contribution < 1.29 is 19.1 Å². The summed E-state index contributed by atoms with van der Waals surface area (Å²) < 4.78 is 6.01. The van der Waals surface area contributed by atoms with Gasteiger partial charge in [0.1, 0.15) is 16.3 Å². The molecule has 0 aliphatic carbocycles. The third kappa shape index (κ3) is 4.07. The van der Waals surface area contributed by atoms with Gasteiger partial charge in [-0.3, -0.25) is 4.79 Å². The van der Waals surface area contributed by atoms with Crippen LogP contribution in [0.2, 0.25) is 0 Å². The Morgan fingerprint density at radius 3 is 2.60 bits per heavy atom. The maximum atomic E-state index is 12.0. The molecular formula is C18H12BrNO4S. The van der Waals surface area contributed by atoms with E-state index in [1.807, 2.05) is 24.3 Å². The van der Waals surface area contributed by atoms with Gasteiger partial charge in [0, 0.05) is 21.5 Å². The van der Waals surface area contributed by atoms with Crippen LogP contribution in [-0.2, 0) is 4.79 Å². The van der Waals surface area contributed by atoms with Gasteiger partial charge in [0.05, 0.1) is 6.26 Å². The number of rotatable bonds is 5. The first kappa shape index (κ1) is 17.2. The summed E-state index contributed by atoms with van der Waals surface area (Å²) in [5.74, 6) is -0.983. The van der Waals surface area contributed by atoms with Gasteiger partial charge in [0.25, 0.3) is 0 Å². The molecule has 25 heavy (non-hydrogen) atoms. The number of hydrogen-bond acceptors (Lipinski definition) is 4. The first-order chi connectivity index (χ1) is 12.0. The summed E-state index contributed by atoms with van der Waals surface area (Å²) in [6.07, 6.45) is 4.31. The molecule has 0 unspecified atom stereocenters. The maximum absolute atomic E-state index is 12.0. The number of thiophene rings is 1. The van der Waals surface area contributed by atoms with Crippen molar-refractivity contribution in [2.24, 2.45) is 0 Å². The highest BCUT2D eigenvalue weighted by molar-refractivity contribution is 9.10. The van der Waals surface area contributed by atoms with Gasteiger partial charge in [-0.25, -0.2) is 4.79 Å². The maximum Gasteiger partial charge on any atom is 0.339 e. The lowest BCUT2D eigenvalue weighted by atomic mass is 10.0. The van der Waals surface area contributed by atoms with Crippen LogP contribution in [0.15, 0.2) is 63.0 Å². The molecule has 0 radical (unpaired) electrons. The number of halogens is 1. The molecule has 0 spiro atoms. The zero-order valence-electron chi connectivity index (χ0n) is 12.7. The number of furan rings is 1. The lowest BCUT2D eigenvalue weighted by molar-refractivity contribution is -0.111. The number of anilines is 1. The van der Waals surface area contributed by atoms with Crippen LogP contribution in [0.25, 0.3) is 17.2 Å². The smallest absolute Gasteiger partial charge is 0.339 e. The van der Waals surface area contributed by atoms with E-state index in [0.29, 0.717) is 16.3 Å². The Morgan fingerprint density at radius 2 is 1.96 bits per heavy atom. The number of hydrogen-bond donors (Lipinski definition) is 2. The van der Waals surface area contributed by atoms with Crippen LogP contribution >= 0.6 is 27.3 Å². The summed E-state index contributed by atoms with van der Waals surface area (Å²) in [7, 11) is 0. The van der Waals surface area contributed by atoms with Crippen molar-refractivity contribution in [1.82, 2.24) is 0 Å². The molecule has 0 saturated heterocycles. The minimum Gasteiger partial charge on any atom is -0.478 e. The van der Waals surface area contributed by atoms with Crippen LogP contribution in [0.3, 0.4) is 0 Å². The predicted octanol–water partition coefficient (Wildman–Crippen LogP) is 5.12. The van der Waals surface area contributed by atoms with Gasteiger partial charge in [-0.2, -0.15) is 0 Å². The molecule has 0 aliphatic heterocycles. The fourth-order valence-electron chi connectivity index (χ4n) is 2.20. The van der Waals surface area contributed by atoms with Crippen molar-refractivity contribution >= 4 is 50.2 Å². The highest BCUT2D eigenvalue weighted by Crippen LogP contribution is 2.36. The number of carbonyl (C=O) groups is 2. The number of carboxylic acids is 1. The highest BCUT2D eigenvalue weighted by atomic mass is 79.9. The molecule has 0 atom stereocenters. The van der Waals surface area contributed by atoms with E-state index >= 15 is 0 Å². The summed E-state index contributed by atoms with van der Waals surface area (Å²) in [5.41, 5.74) is 1.41. The molecule has 126 valence electrons. The normalized spacial score (nSPS) is 10.9. The Balaban J connectivity index is 1.85. The van der Waals surface area contributed by atoms with Gasteiger partial charge in [0.2, 0.25) is 5.91 Å². The van der Waals surface area contributed by atoms with Gasteiger partial charge in [0.15, 0.2) is 0 Å². The Labute approximate surface area is 155 Å². The molecule has 1 aromatic carbocycles. The van der Waals surface area contributed by atoms with Crippen molar-refractivity contribution in [3.63, 3.8) is 0 Å². The molecule has 0 saturated carbocycles. The molecule has 0 aliphatic rings. The molecule has 2 N–H and O–H groups in total. The molecule has 2 aromatic heterocycles. The van der Waals surface area contributed by atoms with Crippen molar-refractivity contribution in [3.8, 4) is 11.1 Å². The largest absolute Gasteiger partial charge is 0.478 e. The number of aromatic carboxylic acids is 1. The summed E-state index contributed by atoms with van der Waals surface area (Å²) in [6, 6.07) is 10.7. The fourth-order valence-corrected chi connectivity index (χ4v) is 3.43. The van der Waals surface area contributed by atoms with E-state index in [-0.39, 0.29) is 5.56 Å². The summed E-state index contributed by atoms with van der Waals surface area (Å²) in [6.45, 7) is 0. The molecule has 5 nitrogen and oxygen atoms in total. The highest BCUT2D eigenvalue weighted by Gasteiger charge is 2.20. The zero-order chi connectivity index (χ0) is 17.8. The summed E-state index contributed by atoms with van der Waals surface area (Å²) >= 11 is 4.52. The standard InChI is InChI=1S/C18H12BrNO4S/c19-12-5-3-11(4-6-12)14-10-25-17(16(14)18(22)23)20-15(21)8-7-13-2-1-9-24-13/h1-10H,(H,20,21)(H,22,23). The minimum atomic E-state index is -1.09. The van der Waals surface area contributed by atoms with Gasteiger partial charge in [-0.1, -0.05) is 28.1 Å². The first-order valence-corrected chi connectivity index (χ1v) is 8.85. The van der Waals surface area contributed by atoms with Gasteiger partial charge < -0.3 is 14.8 Å². The third-order valence-corrected chi connectivity index (χ3v) is 4.76. The van der Waals surface area contributed by atoms with Gasteiger partial charge in [-0.15, -0.1) is 11.3 Å². The molecule has 3 rings (SSSR count). The van der Waals surface area contributed by atoms with E-state index in [4.69, 9.17) is 4.42 Å². The number of amides is 1. The second kappa shape index (κ2) is 7.50. The van der Waals surface area contributed by atoms with Crippen LogP contribution in [-0.4, -0.2) is 17.0 Å². The van der Waals surface area contributed by atoms with Gasteiger partial charge >= 0.3 is 5.97 Å². The van der Waals surface area contributed by atoms with E-state index in [1.54, 1.807) is 17.5 Å². The monoisotopic (exact) mass is 417 g/mol. The molecule has 3 aromatic rings. The van der Waals surface area contributed by atoms with Gasteiger partial charge in [-0.05, 0) is 35.9 Å². The first-order valence-electron chi connectivity index (χ1n) is 7.18. The summed E-state index contributed by atoms with van der Waals surface area (Å²) in [5, 5.41) is 14.2. The number of benzene rings is 1. The van der Waals surface area contributed by atoms with E-state index in [2.05, 4.69) is 21.2 Å². The Bertz CT molecular complexity index is 927. The van der Waals surface area contributed by atoms with Crippen LogP contribution in [0.4, 0.5) is 5.00 Å². The lowest BCUT2D eigenvalue weighted by Crippen LogP contribution is -2.10. The van der Waals surface area contributed by atoms with Crippen molar-refractivity contribution in [3.05, 3.63) is 69.9 Å². The van der Waals surface area contributed by atoms with Crippen molar-refractivity contribution in [2.45, 2.75) is 0 Å². The molecule has 0 fully saturated rings. The number of carboxylic acid groups (broad SMARTS) is 1. The quantitative estimate of drug-likeness (QED) is 0.564. The molecular weight excluding hydrogens is 406 g/mol. The minimum absolute atomic E-state index is 0.0760. The average Bonchev–Trinajstić information content (AvgIpc) is 3.23. The second-order valence-electron chi connectivity index (χ2n) is 5.00. The fraction of sp³-hybridized carbons (Fsp3) is 0. The number of nitrogens with one attached hydrogen (secondary N) is 1. The van der Waals surface area contributed by atoms with Crippen molar-refractivity contribution in [1.29, 1.82) is 0 Å². The molecule has 0 bridgehead atoms. The molecule has 7 heteroatoms. The van der Waals surface area contributed by atoms with E-state index in [0.717, 1.165) is 10.0 Å². The number of carbonyl (C=O) groups excluding carboxylic acids is 1. The van der Waals surface area contributed by atoms with E-state index in [1.165, 1.54) is 29.8 Å². The molecule has 1 amide bonds. The topological polar surface area (TPSA) is 79.5 Å². The second-order valence-corrected chi connectivity index (χ2v) is 6.80. The van der Waals surface area contributed by atoms with Crippen molar-refractivity contribution in [2.75, 3.05) is 5.32 Å². The van der Waals surface area contributed by atoms with Crippen LogP contribution in [0.1, 0.15) is 16.1 Å². The Kier molecular flexibility index (Phi) is 5.16.